The van der Waals surface area contributed by atoms with Crippen LogP contribution in [0.2, 0.25) is 0 Å². The largest absolute Gasteiger partial charge is 0.338 e. The molecule has 21 heavy (non-hydrogen) atoms. The van der Waals surface area contributed by atoms with Crippen molar-refractivity contribution in [2.75, 3.05) is 24.7 Å². The fraction of sp³-hybridized carbons (Fsp3) is 0.857. The maximum absolute atomic E-state index is 12.0. The lowest BCUT2D eigenvalue weighted by Crippen LogP contribution is -2.24. The highest BCUT2D eigenvalue weighted by Gasteiger charge is 2.37. The predicted octanol–water partition coefficient (Wildman–Crippen LogP) is 2.72. The number of unbranched alkanes of at least 4 members (excludes halogenated alkanes) is 1. The van der Waals surface area contributed by atoms with Crippen LogP contribution in [0.3, 0.4) is 0 Å². The highest BCUT2D eigenvalue weighted by Crippen LogP contribution is 2.36. The molecule has 1 rings (SSSR count). The minimum Gasteiger partial charge on any atom is -0.338 e. The molecule has 1 N–H and O–H groups in total. The summed E-state index contributed by atoms with van der Waals surface area (Å²) in [5.41, 5.74) is 0. The molecule has 1 atom stereocenters. The zero-order chi connectivity index (χ0) is 15.7. The van der Waals surface area contributed by atoms with Gasteiger partial charge in [-0.05, 0) is 19.3 Å². The molecular formula is C14H25O5S2+. The highest BCUT2D eigenvalue weighted by molar-refractivity contribution is 8.02. The monoisotopic (exact) mass is 337 g/mol. The number of Topliss-reactive ketones (excluding diaryl/α,β-unsaturated/α-hetero) is 1. The second kappa shape index (κ2) is 9.71. The van der Waals surface area contributed by atoms with Gasteiger partial charge in [-0.3, -0.25) is 9.35 Å². The quantitative estimate of drug-likeness (QED) is 0.488. The number of carbonyl (C=O) groups is 1. The molecule has 1 saturated heterocycles. The second-order valence-electron chi connectivity index (χ2n) is 5.34. The average Bonchev–Trinajstić information content (AvgIpc) is 2.43. The van der Waals surface area contributed by atoms with Crippen molar-refractivity contribution in [1.82, 2.24) is 0 Å². The van der Waals surface area contributed by atoms with Gasteiger partial charge in [-0.25, -0.2) is 0 Å². The van der Waals surface area contributed by atoms with Crippen molar-refractivity contribution in [2.24, 2.45) is 5.92 Å². The Morgan fingerprint density at radius 1 is 1.43 bits per heavy atom. The van der Waals surface area contributed by atoms with Crippen LogP contribution in [-0.4, -0.2) is 43.5 Å². The maximum Gasteiger partial charge on any atom is 0.264 e. The third-order valence-corrected chi connectivity index (χ3v) is 5.45. The zero-order valence-electron chi connectivity index (χ0n) is 12.5. The fourth-order valence-corrected chi connectivity index (χ4v) is 3.92. The molecule has 0 spiro atoms. The molecule has 0 radical (unpaired) electrons. The van der Waals surface area contributed by atoms with E-state index in [4.69, 9.17) is 9.29 Å². The first kappa shape index (κ1) is 18.8. The standard InChI is InChI=1S/C14H24O5S2/c1-2-3-6-13(15)10-12(5-4-9-21(16,17)18)14-11-19-7-8-20-14/h12H,2-11H2,1H3/p+1. The summed E-state index contributed by atoms with van der Waals surface area (Å²) in [5.74, 6) is 0.924. The van der Waals surface area contributed by atoms with E-state index in [1.165, 1.54) is 0 Å². The van der Waals surface area contributed by atoms with Crippen LogP contribution in [0.15, 0.2) is 0 Å². The molecule has 0 aromatic carbocycles. The van der Waals surface area contributed by atoms with E-state index >= 15 is 0 Å². The molecule has 5 nitrogen and oxygen atoms in total. The number of hydrogen-bond donors (Lipinski definition) is 1. The molecular weight excluding hydrogens is 312 g/mol. The Bertz CT molecular complexity index is 402. The Balaban J connectivity index is 2.50. The summed E-state index contributed by atoms with van der Waals surface area (Å²) in [6, 6.07) is 0. The third kappa shape index (κ3) is 8.70. The fourth-order valence-electron chi connectivity index (χ4n) is 2.32. The molecule has 0 aromatic rings. The average molecular weight is 337 g/mol. The molecule has 1 aliphatic heterocycles. The van der Waals surface area contributed by atoms with Crippen LogP contribution < -0.4 is 0 Å². The molecule has 0 aromatic heterocycles. The van der Waals surface area contributed by atoms with Gasteiger partial charge in [-0.1, -0.05) is 13.3 Å². The molecule has 122 valence electrons. The lowest BCUT2D eigenvalue weighted by molar-refractivity contribution is -0.120. The molecule has 0 bridgehead atoms. The minimum atomic E-state index is -3.93. The van der Waals surface area contributed by atoms with E-state index in [1.54, 1.807) is 11.8 Å². The van der Waals surface area contributed by atoms with Crippen LogP contribution in [0.5, 0.6) is 0 Å². The van der Waals surface area contributed by atoms with E-state index in [0.717, 1.165) is 30.5 Å². The van der Waals surface area contributed by atoms with Crippen molar-refractivity contribution < 1.29 is 22.5 Å². The van der Waals surface area contributed by atoms with Crippen molar-refractivity contribution in [2.45, 2.75) is 45.4 Å². The smallest absolute Gasteiger partial charge is 0.264 e. The number of ketones is 1. The zero-order valence-corrected chi connectivity index (χ0v) is 14.2. The van der Waals surface area contributed by atoms with E-state index in [2.05, 4.69) is 6.92 Å². The van der Waals surface area contributed by atoms with Gasteiger partial charge in [0.15, 0.2) is 5.25 Å². The molecule has 1 unspecified atom stereocenters. The summed E-state index contributed by atoms with van der Waals surface area (Å²) in [7, 11) is -3.93. The first-order valence-electron chi connectivity index (χ1n) is 7.45. The Morgan fingerprint density at radius 3 is 2.76 bits per heavy atom. The summed E-state index contributed by atoms with van der Waals surface area (Å²) in [6.07, 6.45) is 3.91. The van der Waals surface area contributed by atoms with Gasteiger partial charge in [0.25, 0.3) is 10.1 Å². The molecule has 0 saturated carbocycles. The van der Waals surface area contributed by atoms with E-state index in [1.807, 2.05) is 0 Å². The van der Waals surface area contributed by atoms with E-state index < -0.39 is 10.1 Å². The first-order chi connectivity index (χ1) is 9.92. The van der Waals surface area contributed by atoms with Crippen LogP contribution in [0.4, 0.5) is 0 Å². The van der Waals surface area contributed by atoms with Gasteiger partial charge in [0.05, 0.1) is 36.3 Å². The normalized spacial score (nSPS) is 17.7. The number of rotatable bonds is 10. The van der Waals surface area contributed by atoms with Gasteiger partial charge < -0.3 is 4.74 Å². The summed E-state index contributed by atoms with van der Waals surface area (Å²) in [4.78, 5) is 12.0. The van der Waals surface area contributed by atoms with Crippen LogP contribution in [0, 0.1) is 11.2 Å². The summed E-state index contributed by atoms with van der Waals surface area (Å²) in [5, 5.41) is 1.14. The van der Waals surface area contributed by atoms with E-state index in [9.17, 15) is 13.2 Å². The van der Waals surface area contributed by atoms with Crippen LogP contribution >= 0.6 is 11.8 Å². The highest BCUT2D eigenvalue weighted by atomic mass is 32.2. The lowest BCUT2D eigenvalue weighted by Gasteiger charge is -2.19. The van der Waals surface area contributed by atoms with Crippen molar-refractivity contribution >= 4 is 27.7 Å². The maximum atomic E-state index is 12.0. The molecule has 1 aliphatic rings. The van der Waals surface area contributed by atoms with Gasteiger partial charge in [0.1, 0.15) is 11.7 Å². The summed E-state index contributed by atoms with van der Waals surface area (Å²) >= 11 is 1.72. The van der Waals surface area contributed by atoms with Crippen LogP contribution in [0.25, 0.3) is 0 Å². The van der Waals surface area contributed by atoms with Crippen molar-refractivity contribution in [3.8, 4) is 0 Å². The summed E-state index contributed by atoms with van der Waals surface area (Å²) in [6.45, 7) is 3.31. The molecule has 1 fully saturated rings. The Hall–Kier alpha value is -0.240. The predicted molar refractivity (Wildman–Crippen MR) is 84.8 cm³/mol. The lowest BCUT2D eigenvalue weighted by atomic mass is 9.92. The number of thioether (sulfide) groups is 1. The van der Waals surface area contributed by atoms with Gasteiger partial charge in [-0.15, -0.1) is 0 Å². The van der Waals surface area contributed by atoms with Gasteiger partial charge >= 0.3 is 0 Å². The minimum absolute atomic E-state index is 0.0569. The van der Waals surface area contributed by atoms with Gasteiger partial charge in [0.2, 0.25) is 6.61 Å². The van der Waals surface area contributed by atoms with Gasteiger partial charge in [-0.2, -0.15) is 8.42 Å². The Kier molecular flexibility index (Phi) is 8.70. The third-order valence-electron chi connectivity index (χ3n) is 3.45. The summed E-state index contributed by atoms with van der Waals surface area (Å²) < 4.78 is 35.9. The van der Waals surface area contributed by atoms with E-state index in [0.29, 0.717) is 32.3 Å². The first-order valence-corrected chi connectivity index (χ1v) is 10.0. The second-order valence-corrected chi connectivity index (χ2v) is 8.13. The topological polar surface area (TPSA) is 80.7 Å². The Labute approximate surface area is 132 Å². The molecule has 1 heterocycles. The van der Waals surface area contributed by atoms with Crippen molar-refractivity contribution in [3.05, 3.63) is 5.25 Å². The Morgan fingerprint density at radius 2 is 2.19 bits per heavy atom. The van der Waals surface area contributed by atoms with E-state index in [-0.39, 0.29) is 17.5 Å². The number of hydrogen-bond acceptors (Lipinski definition) is 5. The van der Waals surface area contributed by atoms with Crippen molar-refractivity contribution in [3.63, 3.8) is 0 Å². The SMILES string of the molecule is CCCCC(=O)CC(CCCS(=O)(=O)O)[C+]1COCCS1. The van der Waals surface area contributed by atoms with Crippen LogP contribution in [0.1, 0.15) is 45.4 Å². The van der Waals surface area contributed by atoms with Crippen molar-refractivity contribution in [1.29, 1.82) is 0 Å². The molecule has 0 aliphatic carbocycles. The molecule has 0 amide bonds. The molecule has 7 heteroatoms. The van der Waals surface area contributed by atoms with Crippen LogP contribution in [-0.2, 0) is 19.6 Å². The number of ether oxygens (including phenoxy) is 1. The number of carbonyl (C=O) groups excluding carboxylic acids is 1. The van der Waals surface area contributed by atoms with Gasteiger partial charge in [0, 0.05) is 6.42 Å².